The Balaban J connectivity index is 2.12. The minimum absolute atomic E-state index is 0.105. The van der Waals surface area contributed by atoms with E-state index >= 15 is 0 Å². The van der Waals surface area contributed by atoms with Crippen molar-refractivity contribution in [3.63, 3.8) is 0 Å². The molecule has 2 N–H and O–H groups in total. The number of nitrogens with one attached hydrogen (secondary N) is 1. The molecule has 1 saturated carbocycles. The first-order valence-electron chi connectivity index (χ1n) is 5.91. The van der Waals surface area contributed by atoms with Crippen LogP contribution in [0.1, 0.15) is 46.4 Å². The van der Waals surface area contributed by atoms with Gasteiger partial charge in [-0.3, -0.25) is 4.79 Å². The lowest BCUT2D eigenvalue weighted by Gasteiger charge is -2.12. The molecule has 0 atom stereocenters. The Kier molecular flexibility index (Phi) is 3.60. The number of hydrogen-bond donors (Lipinski definition) is 2. The maximum atomic E-state index is 13.6. The van der Waals surface area contributed by atoms with Gasteiger partial charge in [-0.25, -0.2) is 9.18 Å². The van der Waals surface area contributed by atoms with Crippen molar-refractivity contribution in [2.24, 2.45) is 0 Å². The molecular weight excluding hydrogens is 237 g/mol. The zero-order valence-electron chi connectivity index (χ0n) is 9.78. The summed E-state index contributed by atoms with van der Waals surface area (Å²) < 4.78 is 13.6. The Morgan fingerprint density at radius 1 is 1.28 bits per heavy atom. The van der Waals surface area contributed by atoms with E-state index in [-0.39, 0.29) is 17.2 Å². The van der Waals surface area contributed by atoms with E-state index in [1.165, 1.54) is 12.1 Å². The number of amides is 1. The van der Waals surface area contributed by atoms with Gasteiger partial charge < -0.3 is 10.4 Å². The van der Waals surface area contributed by atoms with Crippen molar-refractivity contribution in [1.29, 1.82) is 0 Å². The minimum atomic E-state index is -1.21. The number of halogens is 1. The van der Waals surface area contributed by atoms with E-state index in [1.807, 2.05) is 0 Å². The number of carbonyl (C=O) groups excluding carboxylic acids is 1. The average Bonchev–Trinajstić information content (AvgIpc) is 2.81. The van der Waals surface area contributed by atoms with Crippen LogP contribution in [0.5, 0.6) is 0 Å². The van der Waals surface area contributed by atoms with Crippen LogP contribution in [0.15, 0.2) is 18.2 Å². The normalized spacial score (nSPS) is 15.6. The quantitative estimate of drug-likeness (QED) is 0.865. The smallest absolute Gasteiger partial charge is 0.335 e. The summed E-state index contributed by atoms with van der Waals surface area (Å²) in [6.07, 6.45) is 3.98. The lowest BCUT2D eigenvalue weighted by Crippen LogP contribution is -2.33. The van der Waals surface area contributed by atoms with E-state index in [0.717, 1.165) is 31.7 Å². The van der Waals surface area contributed by atoms with Gasteiger partial charge in [0.2, 0.25) is 0 Å². The molecule has 0 aromatic heterocycles. The largest absolute Gasteiger partial charge is 0.478 e. The van der Waals surface area contributed by atoms with Gasteiger partial charge in [-0.15, -0.1) is 0 Å². The molecule has 1 aliphatic rings. The molecule has 4 nitrogen and oxygen atoms in total. The molecule has 5 heteroatoms. The highest BCUT2D eigenvalue weighted by Gasteiger charge is 2.20. The van der Waals surface area contributed by atoms with E-state index in [4.69, 9.17) is 5.11 Å². The van der Waals surface area contributed by atoms with Crippen molar-refractivity contribution < 1.29 is 19.1 Å². The van der Waals surface area contributed by atoms with Crippen LogP contribution in [-0.2, 0) is 0 Å². The SMILES string of the molecule is O=C(O)c1ccc(C(=O)NC2CCCC2)c(F)c1. The molecule has 2 rings (SSSR count). The number of carbonyl (C=O) groups is 2. The Morgan fingerprint density at radius 2 is 1.94 bits per heavy atom. The monoisotopic (exact) mass is 251 g/mol. The first-order chi connectivity index (χ1) is 8.58. The molecule has 1 aromatic carbocycles. The Morgan fingerprint density at radius 3 is 2.50 bits per heavy atom. The van der Waals surface area contributed by atoms with Crippen molar-refractivity contribution in [3.05, 3.63) is 35.1 Å². The second-order valence-electron chi connectivity index (χ2n) is 4.45. The van der Waals surface area contributed by atoms with Gasteiger partial charge >= 0.3 is 5.97 Å². The summed E-state index contributed by atoms with van der Waals surface area (Å²) in [5.74, 6) is -2.49. The van der Waals surface area contributed by atoms with Crippen LogP contribution in [0.25, 0.3) is 0 Å². The molecular formula is C13H14FNO3. The molecule has 0 bridgehead atoms. The number of aromatic carboxylic acids is 1. The van der Waals surface area contributed by atoms with Crippen molar-refractivity contribution in [2.45, 2.75) is 31.7 Å². The molecule has 1 fully saturated rings. The first kappa shape index (κ1) is 12.5. The van der Waals surface area contributed by atoms with E-state index in [0.29, 0.717) is 0 Å². The first-order valence-corrected chi connectivity index (χ1v) is 5.91. The molecule has 0 spiro atoms. The fourth-order valence-electron chi connectivity index (χ4n) is 2.17. The van der Waals surface area contributed by atoms with Crippen LogP contribution in [0, 0.1) is 5.82 Å². The lowest BCUT2D eigenvalue weighted by molar-refractivity contribution is 0.0695. The average molecular weight is 251 g/mol. The number of carboxylic acids is 1. The van der Waals surface area contributed by atoms with Crippen LogP contribution < -0.4 is 5.32 Å². The predicted molar refractivity (Wildman–Crippen MR) is 63.1 cm³/mol. The highest BCUT2D eigenvalue weighted by Crippen LogP contribution is 2.19. The standard InChI is InChI=1S/C13H14FNO3/c14-11-7-8(13(17)18)5-6-10(11)12(16)15-9-3-1-2-4-9/h5-7,9H,1-4H2,(H,15,16)(H,17,18). The van der Waals surface area contributed by atoms with Crippen LogP contribution in [0.2, 0.25) is 0 Å². The summed E-state index contributed by atoms with van der Waals surface area (Å²) in [4.78, 5) is 22.4. The molecule has 1 aliphatic carbocycles. The second-order valence-corrected chi connectivity index (χ2v) is 4.45. The Labute approximate surface area is 104 Å². The fourth-order valence-corrected chi connectivity index (χ4v) is 2.17. The number of carboxylic acid groups (broad SMARTS) is 1. The van der Waals surface area contributed by atoms with Crippen molar-refractivity contribution in [3.8, 4) is 0 Å². The summed E-state index contributed by atoms with van der Waals surface area (Å²) in [5, 5.41) is 11.5. The van der Waals surface area contributed by atoms with Crippen molar-refractivity contribution in [2.75, 3.05) is 0 Å². The predicted octanol–water partition coefficient (Wildman–Crippen LogP) is 2.20. The third-order valence-electron chi connectivity index (χ3n) is 3.15. The molecule has 96 valence electrons. The van der Waals surface area contributed by atoms with Crippen LogP contribution in [-0.4, -0.2) is 23.0 Å². The van der Waals surface area contributed by atoms with E-state index in [2.05, 4.69) is 5.32 Å². The summed E-state index contributed by atoms with van der Waals surface area (Å²) in [6.45, 7) is 0. The summed E-state index contributed by atoms with van der Waals surface area (Å²) >= 11 is 0. The van der Waals surface area contributed by atoms with E-state index in [9.17, 15) is 14.0 Å². The molecule has 1 amide bonds. The molecule has 0 saturated heterocycles. The highest BCUT2D eigenvalue weighted by atomic mass is 19.1. The Hall–Kier alpha value is -1.91. The number of rotatable bonds is 3. The van der Waals surface area contributed by atoms with Gasteiger partial charge in [0.25, 0.3) is 5.91 Å². The summed E-state index contributed by atoms with van der Waals surface area (Å²) in [7, 11) is 0. The van der Waals surface area contributed by atoms with Crippen LogP contribution >= 0.6 is 0 Å². The maximum absolute atomic E-state index is 13.6. The van der Waals surface area contributed by atoms with Gasteiger partial charge in [0.1, 0.15) is 5.82 Å². The minimum Gasteiger partial charge on any atom is -0.478 e. The van der Waals surface area contributed by atoms with Gasteiger partial charge in [-0.2, -0.15) is 0 Å². The van der Waals surface area contributed by atoms with Crippen LogP contribution in [0.4, 0.5) is 4.39 Å². The molecule has 0 unspecified atom stereocenters. The molecule has 0 aliphatic heterocycles. The topological polar surface area (TPSA) is 66.4 Å². The lowest BCUT2D eigenvalue weighted by atomic mass is 10.1. The zero-order valence-corrected chi connectivity index (χ0v) is 9.78. The van der Waals surface area contributed by atoms with Crippen molar-refractivity contribution >= 4 is 11.9 Å². The fraction of sp³-hybridized carbons (Fsp3) is 0.385. The third-order valence-corrected chi connectivity index (χ3v) is 3.15. The number of benzene rings is 1. The molecule has 0 radical (unpaired) electrons. The highest BCUT2D eigenvalue weighted by molar-refractivity contribution is 5.96. The summed E-state index contributed by atoms with van der Waals surface area (Å²) in [5.41, 5.74) is -0.267. The second kappa shape index (κ2) is 5.16. The number of hydrogen-bond acceptors (Lipinski definition) is 2. The van der Waals surface area contributed by atoms with Gasteiger partial charge in [-0.1, -0.05) is 12.8 Å². The van der Waals surface area contributed by atoms with Gasteiger partial charge in [0.05, 0.1) is 11.1 Å². The van der Waals surface area contributed by atoms with Crippen molar-refractivity contribution in [1.82, 2.24) is 5.32 Å². The zero-order chi connectivity index (χ0) is 13.1. The molecule has 0 heterocycles. The van der Waals surface area contributed by atoms with Gasteiger partial charge in [0, 0.05) is 6.04 Å². The Bertz CT molecular complexity index is 481. The molecule has 1 aromatic rings. The van der Waals surface area contributed by atoms with E-state index in [1.54, 1.807) is 0 Å². The third kappa shape index (κ3) is 2.67. The van der Waals surface area contributed by atoms with E-state index < -0.39 is 17.7 Å². The maximum Gasteiger partial charge on any atom is 0.335 e. The summed E-state index contributed by atoms with van der Waals surface area (Å²) in [6, 6.07) is 3.42. The van der Waals surface area contributed by atoms with Crippen LogP contribution in [0.3, 0.4) is 0 Å². The van der Waals surface area contributed by atoms with Gasteiger partial charge in [0.15, 0.2) is 0 Å². The van der Waals surface area contributed by atoms with Gasteiger partial charge in [-0.05, 0) is 31.0 Å². The molecule has 18 heavy (non-hydrogen) atoms.